The van der Waals surface area contributed by atoms with Gasteiger partial charge >= 0.3 is 0 Å². The van der Waals surface area contributed by atoms with Gasteiger partial charge in [0.15, 0.2) is 0 Å². The van der Waals surface area contributed by atoms with Crippen LogP contribution in [0.2, 0.25) is 10.0 Å². The monoisotopic (exact) mass is 601 g/mol. The van der Waals surface area contributed by atoms with Crippen molar-refractivity contribution < 1.29 is 27.1 Å². The van der Waals surface area contributed by atoms with Gasteiger partial charge in [-0.3, -0.25) is 4.79 Å². The molecular formula is C28H25Cl2N3O6S. The van der Waals surface area contributed by atoms with E-state index in [1.54, 1.807) is 54.6 Å². The van der Waals surface area contributed by atoms with Crippen molar-refractivity contribution >= 4 is 45.3 Å². The average molecular weight is 602 g/mol. The average Bonchev–Trinajstić information content (AvgIpc) is 3.40. The van der Waals surface area contributed by atoms with Crippen LogP contribution in [0.4, 0.5) is 0 Å². The summed E-state index contributed by atoms with van der Waals surface area (Å²) in [7, 11) is -0.942. The van der Waals surface area contributed by atoms with Gasteiger partial charge in [0.25, 0.3) is 5.91 Å². The van der Waals surface area contributed by atoms with E-state index in [4.69, 9.17) is 37.1 Å². The molecule has 0 aliphatic heterocycles. The van der Waals surface area contributed by atoms with Crippen LogP contribution in [0.5, 0.6) is 11.5 Å². The van der Waals surface area contributed by atoms with Crippen LogP contribution in [0.25, 0.3) is 0 Å². The second-order valence-corrected chi connectivity index (χ2v) is 11.3. The first-order valence-corrected chi connectivity index (χ1v) is 14.0. The molecule has 0 radical (unpaired) electrons. The number of nitrogens with one attached hydrogen (secondary N) is 1. The summed E-state index contributed by atoms with van der Waals surface area (Å²) >= 11 is 12.0. The summed E-state index contributed by atoms with van der Waals surface area (Å²) in [5.74, 6) is 1.12. The Hall–Kier alpha value is -3.83. The zero-order valence-corrected chi connectivity index (χ0v) is 23.8. The van der Waals surface area contributed by atoms with E-state index >= 15 is 0 Å². The molecule has 0 bridgehead atoms. The molecule has 1 heterocycles. The SMILES string of the molecule is COc1cc(OC)cc(C(=O)N/N=C\c2ccc(CN(Cc3ccc(Cl)cc3)S(=O)(=O)c3ccc(Cl)cc3)o2)c1. The lowest BCUT2D eigenvalue weighted by molar-refractivity contribution is 0.0954. The highest BCUT2D eigenvalue weighted by Gasteiger charge is 2.26. The minimum atomic E-state index is -3.91. The van der Waals surface area contributed by atoms with Gasteiger partial charge in [-0.2, -0.15) is 9.41 Å². The van der Waals surface area contributed by atoms with Crippen LogP contribution in [0.1, 0.15) is 27.4 Å². The molecule has 1 aromatic heterocycles. The Labute approximate surface area is 242 Å². The van der Waals surface area contributed by atoms with Crippen molar-refractivity contribution in [3.63, 3.8) is 0 Å². The number of hydrogen-bond acceptors (Lipinski definition) is 7. The van der Waals surface area contributed by atoms with Crippen molar-refractivity contribution in [1.82, 2.24) is 9.73 Å². The van der Waals surface area contributed by atoms with Gasteiger partial charge < -0.3 is 13.9 Å². The molecule has 1 N–H and O–H groups in total. The van der Waals surface area contributed by atoms with E-state index in [1.807, 2.05) is 0 Å². The third-order valence-corrected chi connectivity index (χ3v) is 8.02. The smallest absolute Gasteiger partial charge is 0.271 e. The van der Waals surface area contributed by atoms with Gasteiger partial charge in [-0.1, -0.05) is 35.3 Å². The van der Waals surface area contributed by atoms with Gasteiger partial charge in [0.1, 0.15) is 23.0 Å². The van der Waals surface area contributed by atoms with Gasteiger partial charge in [0.2, 0.25) is 10.0 Å². The van der Waals surface area contributed by atoms with Crippen molar-refractivity contribution in [3.05, 3.63) is 112 Å². The largest absolute Gasteiger partial charge is 0.497 e. The zero-order valence-electron chi connectivity index (χ0n) is 21.5. The minimum absolute atomic E-state index is 0.0581. The molecule has 0 saturated carbocycles. The van der Waals surface area contributed by atoms with E-state index in [9.17, 15) is 13.2 Å². The fourth-order valence-corrected chi connectivity index (χ4v) is 5.30. The van der Waals surface area contributed by atoms with Crippen LogP contribution < -0.4 is 14.9 Å². The van der Waals surface area contributed by atoms with Gasteiger partial charge in [-0.25, -0.2) is 13.8 Å². The topological polar surface area (TPSA) is 110 Å². The first-order chi connectivity index (χ1) is 19.2. The predicted octanol–water partition coefficient (Wildman–Crippen LogP) is 5.76. The van der Waals surface area contributed by atoms with Gasteiger partial charge in [0.05, 0.1) is 31.9 Å². The molecule has 0 unspecified atom stereocenters. The highest BCUT2D eigenvalue weighted by Crippen LogP contribution is 2.25. The minimum Gasteiger partial charge on any atom is -0.497 e. The number of ether oxygens (including phenoxy) is 2. The Balaban J connectivity index is 1.50. The molecule has 0 saturated heterocycles. The number of benzene rings is 3. The Kier molecular flexibility index (Phi) is 9.49. The number of amides is 1. The Morgan fingerprint density at radius 3 is 2.10 bits per heavy atom. The van der Waals surface area contributed by atoms with Gasteiger partial charge in [-0.05, 0) is 66.2 Å². The van der Waals surface area contributed by atoms with E-state index in [1.165, 1.54) is 49.0 Å². The number of methoxy groups -OCH3 is 2. The standard InChI is InChI=1S/C28H25Cl2N3O6S/c1-37-25-13-20(14-26(15-25)38-2)28(34)32-31-16-23-9-10-24(39-23)18-33(17-19-3-5-21(29)6-4-19)40(35,36)27-11-7-22(30)8-12-27/h3-16H,17-18H2,1-2H3,(H,32,34)/b31-16-. The summed E-state index contributed by atoms with van der Waals surface area (Å²) in [6.07, 6.45) is 1.32. The van der Waals surface area contributed by atoms with Crippen molar-refractivity contribution in [2.45, 2.75) is 18.0 Å². The number of rotatable bonds is 11. The highest BCUT2D eigenvalue weighted by atomic mass is 35.5. The summed E-state index contributed by atoms with van der Waals surface area (Å²) < 4.78 is 44.5. The second-order valence-electron chi connectivity index (χ2n) is 8.46. The molecule has 12 heteroatoms. The quantitative estimate of drug-likeness (QED) is 0.173. The first kappa shape index (κ1) is 29.2. The fourth-order valence-electron chi connectivity index (χ4n) is 3.66. The lowest BCUT2D eigenvalue weighted by atomic mass is 10.2. The van der Waals surface area contributed by atoms with Crippen molar-refractivity contribution in [2.24, 2.45) is 5.10 Å². The lowest BCUT2D eigenvalue weighted by Gasteiger charge is -2.21. The molecule has 0 aliphatic rings. The molecule has 4 rings (SSSR count). The maximum Gasteiger partial charge on any atom is 0.271 e. The summed E-state index contributed by atoms with van der Waals surface area (Å²) in [6.45, 7) is 0.0176. The molecule has 9 nitrogen and oxygen atoms in total. The maximum atomic E-state index is 13.5. The number of carbonyl (C=O) groups is 1. The Bertz CT molecular complexity index is 1580. The number of hydrazone groups is 1. The predicted molar refractivity (Wildman–Crippen MR) is 153 cm³/mol. The number of carbonyl (C=O) groups excluding carboxylic acids is 1. The normalized spacial score (nSPS) is 11.6. The molecule has 0 spiro atoms. The van der Waals surface area contributed by atoms with E-state index in [-0.39, 0.29) is 18.0 Å². The Morgan fingerprint density at radius 1 is 0.900 bits per heavy atom. The molecule has 4 aromatic rings. The molecule has 1 amide bonds. The molecule has 0 aliphatic carbocycles. The van der Waals surface area contributed by atoms with Gasteiger partial charge in [0, 0.05) is 28.2 Å². The number of nitrogens with zero attached hydrogens (tertiary/aromatic N) is 2. The van der Waals surface area contributed by atoms with E-state index in [2.05, 4.69) is 10.5 Å². The fraction of sp³-hybridized carbons (Fsp3) is 0.143. The molecule has 40 heavy (non-hydrogen) atoms. The summed E-state index contributed by atoms with van der Waals surface area (Å²) in [5, 5.41) is 4.92. The second kappa shape index (κ2) is 13.0. The Morgan fingerprint density at radius 2 is 1.50 bits per heavy atom. The van der Waals surface area contributed by atoms with Crippen LogP contribution >= 0.6 is 23.2 Å². The number of furan rings is 1. The molecule has 0 fully saturated rings. The number of sulfonamides is 1. The molecule has 208 valence electrons. The summed E-state index contributed by atoms with van der Waals surface area (Å²) in [4.78, 5) is 12.6. The van der Waals surface area contributed by atoms with Gasteiger partial charge in [-0.15, -0.1) is 0 Å². The van der Waals surface area contributed by atoms with Crippen LogP contribution in [-0.2, 0) is 23.1 Å². The first-order valence-electron chi connectivity index (χ1n) is 11.8. The third kappa shape index (κ3) is 7.42. The van der Waals surface area contributed by atoms with Crippen LogP contribution in [-0.4, -0.2) is 39.1 Å². The lowest BCUT2D eigenvalue weighted by Crippen LogP contribution is -2.30. The van der Waals surface area contributed by atoms with E-state index in [0.29, 0.717) is 38.6 Å². The van der Waals surface area contributed by atoms with Crippen LogP contribution in [0, 0.1) is 0 Å². The van der Waals surface area contributed by atoms with E-state index < -0.39 is 15.9 Å². The van der Waals surface area contributed by atoms with Crippen LogP contribution in [0.3, 0.4) is 0 Å². The number of halogens is 2. The van der Waals surface area contributed by atoms with Crippen molar-refractivity contribution in [3.8, 4) is 11.5 Å². The maximum absolute atomic E-state index is 13.5. The highest BCUT2D eigenvalue weighted by molar-refractivity contribution is 7.89. The zero-order chi connectivity index (χ0) is 28.7. The summed E-state index contributed by atoms with van der Waals surface area (Å²) in [6, 6.07) is 20.9. The summed E-state index contributed by atoms with van der Waals surface area (Å²) in [5.41, 5.74) is 3.45. The van der Waals surface area contributed by atoms with Crippen LogP contribution in [0.15, 0.2) is 93.3 Å². The van der Waals surface area contributed by atoms with Crippen molar-refractivity contribution in [1.29, 1.82) is 0 Å². The molecular weight excluding hydrogens is 577 g/mol. The van der Waals surface area contributed by atoms with E-state index in [0.717, 1.165) is 5.56 Å². The number of hydrogen-bond donors (Lipinski definition) is 1. The molecule has 0 atom stereocenters. The third-order valence-electron chi connectivity index (χ3n) is 5.71. The van der Waals surface area contributed by atoms with Crippen molar-refractivity contribution in [2.75, 3.05) is 14.2 Å². The molecule has 3 aromatic carbocycles.